The first kappa shape index (κ1) is 15.5. The van der Waals surface area contributed by atoms with Crippen molar-refractivity contribution in [1.29, 1.82) is 0 Å². The Kier molecular flexibility index (Phi) is 4.30. The molecule has 1 saturated carbocycles. The third kappa shape index (κ3) is 3.87. The molecule has 0 spiro atoms. The average molecular weight is 330 g/mol. The minimum absolute atomic E-state index is 0.201. The number of rotatable bonds is 4. The second kappa shape index (κ2) is 6.38. The molecular weight excluding hydrogens is 314 g/mol. The minimum atomic E-state index is -0.335. The summed E-state index contributed by atoms with van der Waals surface area (Å²) in [7, 11) is 0. The number of aromatic nitrogens is 1. The van der Waals surface area contributed by atoms with Crippen molar-refractivity contribution in [3.05, 3.63) is 58.4 Å². The summed E-state index contributed by atoms with van der Waals surface area (Å²) in [6.45, 7) is 1.89. The monoisotopic (exact) mass is 329 g/mol. The summed E-state index contributed by atoms with van der Waals surface area (Å²) < 4.78 is 0. The Morgan fingerprint density at radius 1 is 1.13 bits per heavy atom. The van der Waals surface area contributed by atoms with Gasteiger partial charge >= 0.3 is 0 Å². The first-order valence-electron chi connectivity index (χ1n) is 7.36. The van der Waals surface area contributed by atoms with Gasteiger partial charge in [0.1, 0.15) is 0 Å². The average Bonchev–Trinajstić information content (AvgIpc) is 3.35. The summed E-state index contributed by atoms with van der Waals surface area (Å²) in [5, 5.41) is 6.20. The number of aryl methyl sites for hydroxylation is 1. The molecule has 2 N–H and O–H groups in total. The quantitative estimate of drug-likeness (QED) is 0.905. The van der Waals surface area contributed by atoms with E-state index >= 15 is 0 Å². The van der Waals surface area contributed by atoms with E-state index in [4.69, 9.17) is 11.6 Å². The number of nitrogens with one attached hydrogen (secondary N) is 2. The summed E-state index contributed by atoms with van der Waals surface area (Å²) in [6, 6.07) is 7.09. The van der Waals surface area contributed by atoms with Gasteiger partial charge in [0.2, 0.25) is 0 Å². The zero-order chi connectivity index (χ0) is 16.4. The highest BCUT2D eigenvalue weighted by atomic mass is 35.5. The van der Waals surface area contributed by atoms with Crippen molar-refractivity contribution in [2.24, 2.45) is 0 Å². The van der Waals surface area contributed by atoms with Gasteiger partial charge in [0, 0.05) is 29.1 Å². The van der Waals surface area contributed by atoms with E-state index in [0.29, 0.717) is 21.8 Å². The summed E-state index contributed by atoms with van der Waals surface area (Å²) in [5.41, 5.74) is 2.24. The highest BCUT2D eigenvalue weighted by Crippen LogP contribution is 2.21. The Bertz CT molecular complexity index is 772. The van der Waals surface area contributed by atoms with Crippen molar-refractivity contribution in [1.82, 2.24) is 10.3 Å². The largest absolute Gasteiger partial charge is 0.349 e. The van der Waals surface area contributed by atoms with Crippen molar-refractivity contribution < 1.29 is 9.59 Å². The number of hydrogen-bond acceptors (Lipinski definition) is 3. The van der Waals surface area contributed by atoms with E-state index in [-0.39, 0.29) is 17.9 Å². The molecule has 0 unspecified atom stereocenters. The number of halogens is 1. The summed E-state index contributed by atoms with van der Waals surface area (Å²) in [6.07, 6.45) is 4.90. The van der Waals surface area contributed by atoms with E-state index < -0.39 is 0 Å². The maximum absolute atomic E-state index is 12.3. The van der Waals surface area contributed by atoms with Crippen LogP contribution < -0.4 is 10.6 Å². The van der Waals surface area contributed by atoms with E-state index in [1.54, 1.807) is 12.1 Å². The van der Waals surface area contributed by atoms with E-state index in [1.165, 1.54) is 18.5 Å². The van der Waals surface area contributed by atoms with Crippen molar-refractivity contribution >= 4 is 29.1 Å². The van der Waals surface area contributed by atoms with E-state index in [1.807, 2.05) is 13.0 Å². The first-order chi connectivity index (χ1) is 11.0. The Balaban J connectivity index is 1.73. The number of anilines is 1. The van der Waals surface area contributed by atoms with Gasteiger partial charge in [-0.25, -0.2) is 0 Å². The molecular formula is C17H16ClN3O2. The fraction of sp³-hybridized carbons (Fsp3) is 0.235. The first-order valence-corrected chi connectivity index (χ1v) is 7.74. The second-order valence-electron chi connectivity index (χ2n) is 5.63. The predicted molar refractivity (Wildman–Crippen MR) is 88.9 cm³/mol. The SMILES string of the molecule is Cc1ccc(NC(=O)c2cncc(C(=O)NC3CC3)c2)cc1Cl. The Labute approximate surface area is 139 Å². The van der Waals surface area contributed by atoms with Crippen molar-refractivity contribution in [3.8, 4) is 0 Å². The van der Waals surface area contributed by atoms with Gasteiger partial charge in [-0.1, -0.05) is 17.7 Å². The number of carbonyl (C=O) groups excluding carboxylic acids is 2. The zero-order valence-electron chi connectivity index (χ0n) is 12.6. The number of pyridine rings is 1. The van der Waals surface area contributed by atoms with Gasteiger partial charge < -0.3 is 10.6 Å². The standard InChI is InChI=1S/C17H16ClN3O2/c1-10-2-3-14(7-15(10)18)21-17(23)12-6-11(8-19-9-12)16(22)20-13-4-5-13/h2-3,6-9,13H,4-5H2,1H3,(H,20,22)(H,21,23). The van der Waals surface area contributed by atoms with Gasteiger partial charge in [-0.15, -0.1) is 0 Å². The number of amides is 2. The molecule has 0 saturated heterocycles. The fourth-order valence-electron chi connectivity index (χ4n) is 2.06. The van der Waals surface area contributed by atoms with Crippen molar-refractivity contribution in [2.45, 2.75) is 25.8 Å². The number of nitrogens with zero attached hydrogens (tertiary/aromatic N) is 1. The van der Waals surface area contributed by atoms with Crippen LogP contribution in [0.2, 0.25) is 5.02 Å². The van der Waals surface area contributed by atoms with Crippen LogP contribution in [0.4, 0.5) is 5.69 Å². The molecule has 0 atom stereocenters. The van der Waals surface area contributed by atoms with Crippen LogP contribution in [0.3, 0.4) is 0 Å². The molecule has 1 aliphatic carbocycles. The maximum atomic E-state index is 12.3. The van der Waals surface area contributed by atoms with Gasteiger partial charge in [-0.2, -0.15) is 0 Å². The fourth-order valence-corrected chi connectivity index (χ4v) is 2.24. The molecule has 2 aromatic rings. The molecule has 118 valence electrons. The molecule has 1 aromatic carbocycles. The zero-order valence-corrected chi connectivity index (χ0v) is 13.4. The minimum Gasteiger partial charge on any atom is -0.349 e. The van der Waals surface area contributed by atoms with Gasteiger partial charge in [0.25, 0.3) is 11.8 Å². The van der Waals surface area contributed by atoms with Crippen LogP contribution in [0, 0.1) is 6.92 Å². The number of hydrogen-bond donors (Lipinski definition) is 2. The lowest BCUT2D eigenvalue weighted by Gasteiger charge is -2.08. The molecule has 1 aliphatic rings. The molecule has 1 aromatic heterocycles. The lowest BCUT2D eigenvalue weighted by atomic mass is 10.1. The van der Waals surface area contributed by atoms with Crippen LogP contribution in [0.15, 0.2) is 36.7 Å². The number of benzene rings is 1. The molecule has 3 rings (SSSR count). The van der Waals surface area contributed by atoms with Crippen LogP contribution in [0.1, 0.15) is 39.1 Å². The molecule has 1 fully saturated rings. The third-order valence-electron chi connectivity index (χ3n) is 3.60. The highest BCUT2D eigenvalue weighted by molar-refractivity contribution is 6.31. The maximum Gasteiger partial charge on any atom is 0.257 e. The Morgan fingerprint density at radius 3 is 2.48 bits per heavy atom. The molecule has 1 heterocycles. The van der Waals surface area contributed by atoms with Crippen LogP contribution in [0.25, 0.3) is 0 Å². The normalized spacial score (nSPS) is 13.5. The summed E-state index contributed by atoms with van der Waals surface area (Å²) in [4.78, 5) is 28.3. The van der Waals surface area contributed by atoms with Crippen molar-refractivity contribution in [3.63, 3.8) is 0 Å². The second-order valence-corrected chi connectivity index (χ2v) is 6.04. The lowest BCUT2D eigenvalue weighted by Crippen LogP contribution is -2.26. The molecule has 23 heavy (non-hydrogen) atoms. The summed E-state index contributed by atoms with van der Waals surface area (Å²) in [5.74, 6) is -0.536. The molecule has 0 radical (unpaired) electrons. The van der Waals surface area contributed by atoms with E-state index in [9.17, 15) is 9.59 Å². The lowest BCUT2D eigenvalue weighted by molar-refractivity contribution is 0.0950. The third-order valence-corrected chi connectivity index (χ3v) is 4.01. The van der Waals surface area contributed by atoms with Gasteiger partial charge in [-0.05, 0) is 43.5 Å². The topological polar surface area (TPSA) is 71.1 Å². The Morgan fingerprint density at radius 2 is 1.83 bits per heavy atom. The van der Waals surface area contributed by atoms with Gasteiger partial charge in [0.15, 0.2) is 0 Å². The molecule has 5 nitrogen and oxygen atoms in total. The van der Waals surface area contributed by atoms with E-state index in [2.05, 4.69) is 15.6 Å². The van der Waals surface area contributed by atoms with E-state index in [0.717, 1.165) is 18.4 Å². The van der Waals surface area contributed by atoms with Gasteiger partial charge in [-0.3, -0.25) is 14.6 Å². The van der Waals surface area contributed by atoms with Crippen LogP contribution in [-0.4, -0.2) is 22.8 Å². The molecule has 0 bridgehead atoms. The van der Waals surface area contributed by atoms with Crippen LogP contribution in [-0.2, 0) is 0 Å². The van der Waals surface area contributed by atoms with Crippen LogP contribution >= 0.6 is 11.6 Å². The van der Waals surface area contributed by atoms with Crippen molar-refractivity contribution in [2.75, 3.05) is 5.32 Å². The molecule has 0 aliphatic heterocycles. The molecule has 6 heteroatoms. The van der Waals surface area contributed by atoms with Crippen LogP contribution in [0.5, 0.6) is 0 Å². The predicted octanol–water partition coefficient (Wildman–Crippen LogP) is 3.19. The smallest absolute Gasteiger partial charge is 0.257 e. The highest BCUT2D eigenvalue weighted by Gasteiger charge is 2.24. The Hall–Kier alpha value is -2.40. The molecule has 2 amide bonds. The van der Waals surface area contributed by atoms with Gasteiger partial charge in [0.05, 0.1) is 11.1 Å². The number of carbonyl (C=O) groups is 2. The summed E-state index contributed by atoms with van der Waals surface area (Å²) >= 11 is 6.05.